The Labute approximate surface area is 84.1 Å². The van der Waals surface area contributed by atoms with Crippen molar-refractivity contribution < 1.29 is 4.79 Å². The fourth-order valence-corrected chi connectivity index (χ4v) is 2.22. The molecule has 0 N–H and O–H groups in total. The molecule has 0 aliphatic rings. The number of Topliss-reactive ketones (excluding diaryl/α,β-unsaturated/α-hetero) is 1. The van der Waals surface area contributed by atoms with Crippen LogP contribution in [0.1, 0.15) is 23.2 Å². The van der Waals surface area contributed by atoms with E-state index >= 15 is 0 Å². The van der Waals surface area contributed by atoms with Crippen LogP contribution in [0, 0.1) is 6.92 Å². The molecule has 0 saturated heterocycles. The van der Waals surface area contributed by atoms with E-state index in [2.05, 4.69) is 20.9 Å². The molecule has 66 valence electrons. The lowest BCUT2D eigenvalue weighted by molar-refractivity contribution is -0.116. The number of thiazole rings is 1. The van der Waals surface area contributed by atoms with Crippen molar-refractivity contribution in [1.82, 2.24) is 4.98 Å². The van der Waals surface area contributed by atoms with Crippen molar-refractivity contribution in [3.63, 3.8) is 0 Å². The van der Waals surface area contributed by atoms with Crippen LogP contribution in [-0.4, -0.2) is 10.8 Å². The highest BCUT2D eigenvalue weighted by atomic mass is 79.9. The molecule has 0 aliphatic carbocycles. The van der Waals surface area contributed by atoms with Gasteiger partial charge in [-0.1, -0.05) is 0 Å². The van der Waals surface area contributed by atoms with Gasteiger partial charge in [-0.05, 0) is 29.8 Å². The van der Waals surface area contributed by atoms with Gasteiger partial charge in [0, 0.05) is 17.7 Å². The number of aryl methyl sites for hydroxylation is 2. The number of aromatic nitrogens is 1. The molecule has 0 saturated carbocycles. The molecule has 0 amide bonds. The van der Waals surface area contributed by atoms with E-state index in [4.69, 9.17) is 0 Å². The zero-order valence-electron chi connectivity index (χ0n) is 7.06. The Morgan fingerprint density at radius 2 is 2.33 bits per heavy atom. The maximum Gasteiger partial charge on any atom is 0.130 e. The van der Waals surface area contributed by atoms with E-state index in [0.29, 0.717) is 6.42 Å². The van der Waals surface area contributed by atoms with Crippen LogP contribution in [0.4, 0.5) is 0 Å². The van der Waals surface area contributed by atoms with Crippen LogP contribution in [0.2, 0.25) is 0 Å². The Bertz CT molecular complexity index is 276. The summed E-state index contributed by atoms with van der Waals surface area (Å²) in [5, 5.41) is 1.04. The third kappa shape index (κ3) is 2.68. The van der Waals surface area contributed by atoms with Crippen molar-refractivity contribution in [3.8, 4) is 0 Å². The molecule has 4 heteroatoms. The lowest BCUT2D eigenvalue weighted by atomic mass is 10.2. The van der Waals surface area contributed by atoms with Gasteiger partial charge >= 0.3 is 0 Å². The molecule has 1 heterocycles. The minimum atomic E-state index is 0.221. The van der Waals surface area contributed by atoms with Crippen LogP contribution >= 0.6 is 27.3 Å². The highest BCUT2D eigenvalue weighted by Gasteiger charge is 2.05. The summed E-state index contributed by atoms with van der Waals surface area (Å²) in [5.74, 6) is 0.221. The highest BCUT2D eigenvalue weighted by molar-refractivity contribution is 9.10. The second kappa shape index (κ2) is 4.14. The van der Waals surface area contributed by atoms with Gasteiger partial charge in [-0.15, -0.1) is 11.3 Å². The Morgan fingerprint density at radius 1 is 1.67 bits per heavy atom. The van der Waals surface area contributed by atoms with Crippen molar-refractivity contribution in [2.45, 2.75) is 26.7 Å². The number of nitrogens with zero attached hydrogens (tertiary/aromatic N) is 1. The van der Waals surface area contributed by atoms with Crippen LogP contribution in [-0.2, 0) is 11.2 Å². The Kier molecular flexibility index (Phi) is 3.40. The molecular weight excluding hydrogens is 238 g/mol. The van der Waals surface area contributed by atoms with Gasteiger partial charge in [0.15, 0.2) is 0 Å². The standard InChI is InChI=1S/C8H10BrNOS/c1-5(11)3-4-7-10-8(9)6(2)12-7/h3-4H2,1-2H3. The molecular formula is C8H10BrNOS. The van der Waals surface area contributed by atoms with Gasteiger partial charge in [-0.25, -0.2) is 4.98 Å². The first-order valence-corrected chi connectivity index (χ1v) is 5.32. The molecule has 1 aromatic heterocycles. The van der Waals surface area contributed by atoms with Gasteiger partial charge in [0.1, 0.15) is 10.4 Å². The number of rotatable bonds is 3. The summed E-state index contributed by atoms with van der Waals surface area (Å²) >= 11 is 4.98. The van der Waals surface area contributed by atoms with Gasteiger partial charge in [0.05, 0.1) is 5.01 Å². The summed E-state index contributed by atoms with van der Waals surface area (Å²) < 4.78 is 0.908. The zero-order valence-corrected chi connectivity index (χ0v) is 9.46. The number of hydrogen-bond donors (Lipinski definition) is 0. The van der Waals surface area contributed by atoms with Gasteiger partial charge in [0.25, 0.3) is 0 Å². The fraction of sp³-hybridized carbons (Fsp3) is 0.500. The van der Waals surface area contributed by atoms with Crippen molar-refractivity contribution in [1.29, 1.82) is 0 Å². The van der Waals surface area contributed by atoms with E-state index in [0.717, 1.165) is 16.0 Å². The van der Waals surface area contributed by atoms with Gasteiger partial charge < -0.3 is 4.79 Å². The molecule has 0 atom stereocenters. The van der Waals surface area contributed by atoms with Gasteiger partial charge in [-0.2, -0.15) is 0 Å². The number of carbonyl (C=O) groups excluding carboxylic acids is 1. The van der Waals surface area contributed by atoms with Gasteiger partial charge in [0.2, 0.25) is 0 Å². The first-order valence-electron chi connectivity index (χ1n) is 3.71. The molecule has 2 nitrogen and oxygen atoms in total. The smallest absolute Gasteiger partial charge is 0.130 e. The van der Waals surface area contributed by atoms with E-state index in [-0.39, 0.29) is 5.78 Å². The normalized spacial score (nSPS) is 10.2. The van der Waals surface area contributed by atoms with Crippen LogP contribution in [0.25, 0.3) is 0 Å². The van der Waals surface area contributed by atoms with E-state index in [9.17, 15) is 4.79 Å². The third-order valence-corrected chi connectivity index (χ3v) is 3.54. The summed E-state index contributed by atoms with van der Waals surface area (Å²) in [6, 6.07) is 0. The maximum absolute atomic E-state index is 10.7. The lowest BCUT2D eigenvalue weighted by Crippen LogP contribution is -1.92. The average molecular weight is 248 g/mol. The Balaban J connectivity index is 2.58. The zero-order chi connectivity index (χ0) is 9.14. The van der Waals surface area contributed by atoms with E-state index in [1.165, 1.54) is 4.88 Å². The predicted octanol–water partition coefficient (Wildman–Crippen LogP) is 2.74. The number of ketones is 1. The second-order valence-electron chi connectivity index (χ2n) is 2.66. The van der Waals surface area contributed by atoms with E-state index in [1.54, 1.807) is 18.3 Å². The molecule has 0 bridgehead atoms. The number of halogens is 1. The summed E-state index contributed by atoms with van der Waals surface area (Å²) in [4.78, 5) is 16.1. The van der Waals surface area contributed by atoms with Crippen molar-refractivity contribution in [3.05, 3.63) is 14.5 Å². The molecule has 0 fully saturated rings. The summed E-state index contributed by atoms with van der Waals surface area (Å²) in [7, 11) is 0. The Morgan fingerprint density at radius 3 is 2.75 bits per heavy atom. The summed E-state index contributed by atoms with van der Waals surface area (Å²) in [5.41, 5.74) is 0. The topological polar surface area (TPSA) is 30.0 Å². The monoisotopic (exact) mass is 247 g/mol. The first kappa shape index (κ1) is 9.86. The fourth-order valence-electron chi connectivity index (χ4n) is 0.820. The van der Waals surface area contributed by atoms with Crippen molar-refractivity contribution in [2.24, 2.45) is 0 Å². The van der Waals surface area contributed by atoms with Crippen molar-refractivity contribution >= 4 is 33.0 Å². The molecule has 1 rings (SSSR count). The highest BCUT2D eigenvalue weighted by Crippen LogP contribution is 2.22. The van der Waals surface area contributed by atoms with Gasteiger partial charge in [-0.3, -0.25) is 0 Å². The first-order chi connectivity index (χ1) is 5.59. The SMILES string of the molecule is CC(=O)CCc1nc(Br)c(C)s1. The predicted molar refractivity (Wildman–Crippen MR) is 53.6 cm³/mol. The lowest BCUT2D eigenvalue weighted by Gasteiger charge is -1.89. The quantitative estimate of drug-likeness (QED) is 0.823. The van der Waals surface area contributed by atoms with Crippen LogP contribution in [0.5, 0.6) is 0 Å². The van der Waals surface area contributed by atoms with E-state index < -0.39 is 0 Å². The molecule has 1 aromatic rings. The summed E-state index contributed by atoms with van der Waals surface area (Å²) in [6.45, 7) is 3.62. The second-order valence-corrected chi connectivity index (χ2v) is 4.70. The third-order valence-electron chi connectivity index (χ3n) is 1.48. The number of hydrogen-bond acceptors (Lipinski definition) is 3. The largest absolute Gasteiger partial charge is 0.300 e. The summed E-state index contributed by atoms with van der Waals surface area (Å²) in [6.07, 6.45) is 1.37. The van der Waals surface area contributed by atoms with Crippen molar-refractivity contribution in [2.75, 3.05) is 0 Å². The van der Waals surface area contributed by atoms with Crippen LogP contribution in [0.15, 0.2) is 4.60 Å². The van der Waals surface area contributed by atoms with Crippen LogP contribution in [0.3, 0.4) is 0 Å². The molecule has 0 aromatic carbocycles. The minimum Gasteiger partial charge on any atom is -0.300 e. The average Bonchev–Trinajstić information content (AvgIpc) is 2.28. The molecule has 0 radical (unpaired) electrons. The molecule has 0 unspecified atom stereocenters. The minimum absolute atomic E-state index is 0.221. The van der Waals surface area contributed by atoms with Crippen LogP contribution < -0.4 is 0 Å². The molecule has 0 spiro atoms. The molecule has 0 aliphatic heterocycles. The maximum atomic E-state index is 10.7. The Hall–Kier alpha value is -0.220. The van der Waals surface area contributed by atoms with E-state index in [1.807, 2.05) is 6.92 Å². The molecule has 12 heavy (non-hydrogen) atoms. The number of carbonyl (C=O) groups is 1.